The smallest absolute Gasteiger partial charge is 0.306 e. The minimum absolute atomic E-state index is 0.267. The number of carbonyl (C=O) groups is 1. The second kappa shape index (κ2) is 7.64. The first kappa shape index (κ1) is 17.0. The molecule has 114 valence electrons. The van der Waals surface area contributed by atoms with E-state index in [1.807, 2.05) is 14.0 Å². The molecule has 0 fully saturated rings. The largest absolute Gasteiger partial charge is 0.481 e. The summed E-state index contributed by atoms with van der Waals surface area (Å²) < 4.78 is 1.80. The molecule has 1 rings (SSSR count). The van der Waals surface area contributed by atoms with Gasteiger partial charge in [0.15, 0.2) is 0 Å². The minimum Gasteiger partial charge on any atom is -0.481 e. The van der Waals surface area contributed by atoms with E-state index < -0.39 is 5.97 Å². The van der Waals surface area contributed by atoms with Gasteiger partial charge in [-0.2, -0.15) is 5.10 Å². The van der Waals surface area contributed by atoms with Crippen molar-refractivity contribution in [1.82, 2.24) is 15.1 Å². The van der Waals surface area contributed by atoms with Crippen LogP contribution in [0, 0.1) is 12.8 Å². The molecular formula is C14H24ClN3O2. The first-order chi connectivity index (χ1) is 9.32. The Kier molecular flexibility index (Phi) is 6.49. The molecular weight excluding hydrogens is 278 g/mol. The molecule has 1 heterocycles. The molecule has 2 atom stereocenters. The van der Waals surface area contributed by atoms with Gasteiger partial charge in [0.2, 0.25) is 0 Å². The Morgan fingerprint density at radius 1 is 1.45 bits per heavy atom. The molecule has 0 amide bonds. The fraction of sp³-hybridized carbons (Fsp3) is 0.714. The number of aryl methyl sites for hydroxylation is 2. The van der Waals surface area contributed by atoms with E-state index in [2.05, 4.69) is 17.3 Å². The zero-order chi connectivity index (χ0) is 15.3. The Morgan fingerprint density at radius 3 is 2.60 bits per heavy atom. The maximum absolute atomic E-state index is 10.7. The predicted octanol–water partition coefficient (Wildman–Crippen LogP) is 2.75. The van der Waals surface area contributed by atoms with E-state index in [-0.39, 0.29) is 5.92 Å². The molecule has 2 unspecified atom stereocenters. The molecule has 5 nitrogen and oxygen atoms in total. The zero-order valence-corrected chi connectivity index (χ0v) is 13.4. The number of nitrogens with one attached hydrogen (secondary N) is 1. The number of carboxylic acids is 1. The molecule has 0 saturated carbocycles. The topological polar surface area (TPSA) is 67.2 Å². The summed E-state index contributed by atoms with van der Waals surface area (Å²) >= 11 is 6.19. The second-order valence-corrected chi connectivity index (χ2v) is 5.80. The van der Waals surface area contributed by atoms with Gasteiger partial charge >= 0.3 is 5.97 Å². The van der Waals surface area contributed by atoms with Crippen molar-refractivity contribution in [2.75, 3.05) is 0 Å². The van der Waals surface area contributed by atoms with Crippen molar-refractivity contribution in [3.8, 4) is 0 Å². The lowest BCUT2D eigenvalue weighted by Crippen LogP contribution is -2.26. The maximum atomic E-state index is 10.7. The Balaban J connectivity index is 2.33. The number of aromatic nitrogens is 2. The summed E-state index contributed by atoms with van der Waals surface area (Å²) in [6.07, 6.45) is 2.57. The lowest BCUT2D eigenvalue weighted by atomic mass is 10.0. The van der Waals surface area contributed by atoms with Gasteiger partial charge in [0.05, 0.1) is 22.3 Å². The highest BCUT2D eigenvalue weighted by atomic mass is 35.5. The number of hydrogen-bond donors (Lipinski definition) is 2. The average Bonchev–Trinajstić information content (AvgIpc) is 2.61. The second-order valence-electron chi connectivity index (χ2n) is 5.42. The number of aliphatic carboxylic acids is 1. The zero-order valence-electron chi connectivity index (χ0n) is 12.6. The Labute approximate surface area is 125 Å². The Morgan fingerprint density at radius 2 is 2.10 bits per heavy atom. The number of rotatable bonds is 8. The fourth-order valence-corrected chi connectivity index (χ4v) is 2.33. The molecule has 2 N–H and O–H groups in total. The molecule has 0 radical (unpaired) electrons. The molecule has 0 aromatic carbocycles. The van der Waals surface area contributed by atoms with Crippen LogP contribution in [0.25, 0.3) is 0 Å². The van der Waals surface area contributed by atoms with Crippen molar-refractivity contribution in [2.24, 2.45) is 13.0 Å². The predicted molar refractivity (Wildman–Crippen MR) is 79.9 cm³/mol. The van der Waals surface area contributed by atoms with Gasteiger partial charge in [-0.3, -0.25) is 9.48 Å². The van der Waals surface area contributed by atoms with Crippen molar-refractivity contribution in [1.29, 1.82) is 0 Å². The van der Waals surface area contributed by atoms with Crippen molar-refractivity contribution in [2.45, 2.75) is 52.6 Å². The van der Waals surface area contributed by atoms with Crippen LogP contribution in [-0.4, -0.2) is 26.9 Å². The van der Waals surface area contributed by atoms with Gasteiger partial charge in [0.25, 0.3) is 0 Å². The van der Waals surface area contributed by atoms with E-state index in [4.69, 9.17) is 16.7 Å². The molecule has 20 heavy (non-hydrogen) atoms. The SMILES string of the molecule is Cc1nn(C)c(CNC(C)CCCC(C)C(=O)O)c1Cl. The molecule has 6 heteroatoms. The summed E-state index contributed by atoms with van der Waals surface area (Å²) in [4.78, 5) is 10.7. The molecule has 0 aliphatic rings. The maximum Gasteiger partial charge on any atom is 0.306 e. The van der Waals surface area contributed by atoms with Crippen LogP contribution in [-0.2, 0) is 18.4 Å². The highest BCUT2D eigenvalue weighted by molar-refractivity contribution is 6.31. The summed E-state index contributed by atoms with van der Waals surface area (Å²) in [6.45, 7) is 6.41. The van der Waals surface area contributed by atoms with Gasteiger partial charge in [0.1, 0.15) is 0 Å². The summed E-state index contributed by atoms with van der Waals surface area (Å²) in [5.41, 5.74) is 1.82. The average molecular weight is 302 g/mol. The van der Waals surface area contributed by atoms with Gasteiger partial charge in [-0.15, -0.1) is 0 Å². The minimum atomic E-state index is -0.720. The van der Waals surface area contributed by atoms with Gasteiger partial charge in [-0.25, -0.2) is 0 Å². The third kappa shape index (κ3) is 4.80. The van der Waals surface area contributed by atoms with Crippen LogP contribution in [0.2, 0.25) is 5.02 Å². The number of hydrogen-bond acceptors (Lipinski definition) is 3. The Bertz CT molecular complexity index is 460. The van der Waals surface area contributed by atoms with Crippen molar-refractivity contribution < 1.29 is 9.90 Å². The van der Waals surface area contributed by atoms with E-state index in [9.17, 15) is 4.79 Å². The lowest BCUT2D eigenvalue weighted by Gasteiger charge is -2.14. The number of nitrogens with zero attached hydrogens (tertiary/aromatic N) is 2. The van der Waals surface area contributed by atoms with Crippen LogP contribution in [0.3, 0.4) is 0 Å². The van der Waals surface area contributed by atoms with Crippen LogP contribution in [0.1, 0.15) is 44.5 Å². The van der Waals surface area contributed by atoms with Crippen LogP contribution in [0.15, 0.2) is 0 Å². The van der Waals surface area contributed by atoms with Crippen LogP contribution >= 0.6 is 11.6 Å². The number of carboxylic acid groups (broad SMARTS) is 1. The van der Waals surface area contributed by atoms with Gasteiger partial charge in [0, 0.05) is 19.6 Å². The molecule has 0 aliphatic carbocycles. The standard InChI is InChI=1S/C14H24ClN3O2/c1-9(14(19)20)6-5-7-10(2)16-8-12-13(15)11(3)17-18(12)4/h9-10,16H,5-8H2,1-4H3,(H,19,20). The van der Waals surface area contributed by atoms with Crippen molar-refractivity contribution in [3.05, 3.63) is 16.4 Å². The normalized spacial score (nSPS) is 14.2. The van der Waals surface area contributed by atoms with Gasteiger partial charge in [-0.1, -0.05) is 24.9 Å². The first-order valence-corrected chi connectivity index (χ1v) is 7.34. The van der Waals surface area contributed by atoms with Gasteiger partial charge in [-0.05, 0) is 26.7 Å². The summed E-state index contributed by atoms with van der Waals surface area (Å²) in [5.74, 6) is -0.987. The fourth-order valence-electron chi connectivity index (χ4n) is 2.10. The quantitative estimate of drug-likeness (QED) is 0.775. The number of halogens is 1. The highest BCUT2D eigenvalue weighted by Gasteiger charge is 2.13. The lowest BCUT2D eigenvalue weighted by molar-refractivity contribution is -0.141. The van der Waals surface area contributed by atoms with E-state index in [1.165, 1.54) is 0 Å². The molecule has 0 aliphatic heterocycles. The molecule has 0 bridgehead atoms. The summed E-state index contributed by atoms with van der Waals surface area (Å²) in [5, 5.41) is 17.2. The molecule has 1 aromatic heterocycles. The van der Waals surface area contributed by atoms with Crippen LogP contribution in [0.4, 0.5) is 0 Å². The van der Waals surface area contributed by atoms with Gasteiger partial charge < -0.3 is 10.4 Å². The van der Waals surface area contributed by atoms with E-state index >= 15 is 0 Å². The Hall–Kier alpha value is -1.07. The third-order valence-electron chi connectivity index (χ3n) is 3.58. The third-order valence-corrected chi connectivity index (χ3v) is 4.07. The van der Waals surface area contributed by atoms with Crippen LogP contribution in [0.5, 0.6) is 0 Å². The molecule has 1 aromatic rings. The summed E-state index contributed by atoms with van der Waals surface area (Å²) in [6, 6.07) is 0.322. The van der Waals surface area contributed by atoms with Crippen molar-refractivity contribution in [3.63, 3.8) is 0 Å². The molecule has 0 spiro atoms. The molecule has 0 saturated heterocycles. The summed E-state index contributed by atoms with van der Waals surface area (Å²) in [7, 11) is 1.88. The monoisotopic (exact) mass is 301 g/mol. The first-order valence-electron chi connectivity index (χ1n) is 6.97. The van der Waals surface area contributed by atoms with E-state index in [0.29, 0.717) is 24.0 Å². The highest BCUT2D eigenvalue weighted by Crippen LogP contribution is 2.19. The van der Waals surface area contributed by atoms with E-state index in [0.717, 1.165) is 24.2 Å². The van der Waals surface area contributed by atoms with Crippen LogP contribution < -0.4 is 5.32 Å². The van der Waals surface area contributed by atoms with Crippen molar-refractivity contribution >= 4 is 17.6 Å². The van der Waals surface area contributed by atoms with E-state index in [1.54, 1.807) is 11.6 Å².